The molecule has 2 unspecified atom stereocenters. The Bertz CT molecular complexity index is 505. The number of nitrogens with zero attached hydrogens (tertiary/aromatic N) is 1. The smallest absolute Gasteiger partial charge is 0.265 e. The average molecular weight is 326 g/mol. The SMILES string of the molecule is COc1ccsc1C(=O)NCC(C)(C)N1CC(C)OC(C)C1. The highest BCUT2D eigenvalue weighted by molar-refractivity contribution is 7.12. The number of rotatable bonds is 5. The van der Waals surface area contributed by atoms with E-state index in [1.807, 2.05) is 11.4 Å². The molecule has 1 amide bonds. The van der Waals surface area contributed by atoms with Crippen LogP contribution in [0, 0.1) is 0 Å². The number of morpholine rings is 1. The molecule has 1 aromatic rings. The Labute approximate surface area is 136 Å². The van der Waals surface area contributed by atoms with Crippen molar-refractivity contribution in [2.24, 2.45) is 0 Å². The first-order valence-corrected chi connectivity index (χ1v) is 8.51. The van der Waals surface area contributed by atoms with E-state index in [-0.39, 0.29) is 23.7 Å². The van der Waals surface area contributed by atoms with Crippen molar-refractivity contribution in [3.05, 3.63) is 16.3 Å². The molecule has 1 saturated heterocycles. The van der Waals surface area contributed by atoms with E-state index in [0.717, 1.165) is 13.1 Å². The van der Waals surface area contributed by atoms with Gasteiger partial charge in [-0.15, -0.1) is 11.3 Å². The summed E-state index contributed by atoms with van der Waals surface area (Å²) in [5.41, 5.74) is -0.119. The number of methoxy groups -OCH3 is 1. The van der Waals surface area contributed by atoms with Crippen molar-refractivity contribution < 1.29 is 14.3 Å². The van der Waals surface area contributed by atoms with E-state index < -0.39 is 0 Å². The molecule has 0 radical (unpaired) electrons. The van der Waals surface area contributed by atoms with Crippen LogP contribution in [-0.4, -0.2) is 55.3 Å². The maximum atomic E-state index is 12.3. The van der Waals surface area contributed by atoms with Crippen molar-refractivity contribution in [3.63, 3.8) is 0 Å². The fourth-order valence-electron chi connectivity index (χ4n) is 2.78. The molecular formula is C16H26N2O3S. The number of ether oxygens (including phenoxy) is 2. The van der Waals surface area contributed by atoms with Crippen molar-refractivity contribution >= 4 is 17.2 Å². The summed E-state index contributed by atoms with van der Waals surface area (Å²) in [6.07, 6.45) is 0.437. The molecule has 2 atom stereocenters. The van der Waals surface area contributed by atoms with Crippen LogP contribution in [0.4, 0.5) is 0 Å². The molecule has 5 nitrogen and oxygen atoms in total. The monoisotopic (exact) mass is 326 g/mol. The third-order valence-electron chi connectivity index (χ3n) is 4.01. The van der Waals surface area contributed by atoms with E-state index in [9.17, 15) is 4.79 Å². The number of hydrogen-bond acceptors (Lipinski definition) is 5. The molecule has 2 rings (SSSR count). The van der Waals surface area contributed by atoms with Crippen LogP contribution in [0.15, 0.2) is 11.4 Å². The van der Waals surface area contributed by atoms with Gasteiger partial charge in [0.25, 0.3) is 5.91 Å². The minimum absolute atomic E-state index is 0.0747. The highest BCUT2D eigenvalue weighted by Crippen LogP contribution is 2.25. The number of carbonyl (C=O) groups is 1. The van der Waals surface area contributed by atoms with Gasteiger partial charge in [0.05, 0.1) is 19.3 Å². The highest BCUT2D eigenvalue weighted by Gasteiger charge is 2.33. The zero-order valence-corrected chi connectivity index (χ0v) is 14.8. The maximum Gasteiger partial charge on any atom is 0.265 e. The van der Waals surface area contributed by atoms with E-state index in [2.05, 4.69) is 37.9 Å². The first-order valence-electron chi connectivity index (χ1n) is 7.63. The predicted octanol–water partition coefficient (Wildman–Crippen LogP) is 2.37. The minimum Gasteiger partial charge on any atom is -0.495 e. The second kappa shape index (κ2) is 6.98. The quantitative estimate of drug-likeness (QED) is 0.902. The number of nitrogens with one attached hydrogen (secondary N) is 1. The topological polar surface area (TPSA) is 50.8 Å². The van der Waals surface area contributed by atoms with Crippen LogP contribution in [-0.2, 0) is 4.74 Å². The summed E-state index contributed by atoms with van der Waals surface area (Å²) in [5, 5.41) is 4.90. The number of hydrogen-bond donors (Lipinski definition) is 1. The van der Waals surface area contributed by atoms with Gasteiger partial charge >= 0.3 is 0 Å². The van der Waals surface area contributed by atoms with Crippen molar-refractivity contribution in [2.45, 2.75) is 45.4 Å². The lowest BCUT2D eigenvalue weighted by atomic mass is 10.00. The first kappa shape index (κ1) is 17.2. The van der Waals surface area contributed by atoms with Crippen LogP contribution in [0.3, 0.4) is 0 Å². The lowest BCUT2D eigenvalue weighted by Crippen LogP contribution is -2.58. The van der Waals surface area contributed by atoms with Crippen molar-refractivity contribution in [1.82, 2.24) is 10.2 Å². The van der Waals surface area contributed by atoms with Crippen molar-refractivity contribution in [3.8, 4) is 5.75 Å². The molecule has 1 aromatic heterocycles. The molecule has 6 heteroatoms. The third kappa shape index (κ3) is 4.00. The standard InChI is InChI=1S/C16H26N2O3S/c1-11-8-18(9-12(2)21-11)16(3,4)10-17-15(19)14-13(20-5)6-7-22-14/h6-7,11-12H,8-10H2,1-5H3,(H,17,19). The van der Waals surface area contributed by atoms with Crippen LogP contribution in [0.25, 0.3) is 0 Å². The highest BCUT2D eigenvalue weighted by atomic mass is 32.1. The molecule has 1 aliphatic heterocycles. The van der Waals surface area contributed by atoms with Gasteiger partial charge in [0, 0.05) is 25.2 Å². The molecule has 0 aliphatic carbocycles. The van der Waals surface area contributed by atoms with Gasteiger partial charge in [-0.05, 0) is 39.1 Å². The molecule has 2 heterocycles. The summed E-state index contributed by atoms with van der Waals surface area (Å²) < 4.78 is 11.0. The van der Waals surface area contributed by atoms with E-state index in [0.29, 0.717) is 17.2 Å². The van der Waals surface area contributed by atoms with E-state index in [1.54, 1.807) is 7.11 Å². The lowest BCUT2D eigenvalue weighted by Gasteiger charge is -2.45. The van der Waals surface area contributed by atoms with Gasteiger partial charge in [-0.1, -0.05) is 0 Å². The summed E-state index contributed by atoms with van der Waals surface area (Å²) in [4.78, 5) is 15.3. The van der Waals surface area contributed by atoms with Crippen molar-refractivity contribution in [2.75, 3.05) is 26.7 Å². The molecule has 22 heavy (non-hydrogen) atoms. The summed E-state index contributed by atoms with van der Waals surface area (Å²) in [6, 6.07) is 1.82. The zero-order valence-electron chi connectivity index (χ0n) is 14.0. The van der Waals surface area contributed by atoms with Crippen molar-refractivity contribution in [1.29, 1.82) is 0 Å². The molecule has 1 aliphatic rings. The molecule has 0 spiro atoms. The fourth-order valence-corrected chi connectivity index (χ4v) is 3.56. The Hall–Kier alpha value is -1.11. The van der Waals surface area contributed by atoms with Crippen LogP contribution < -0.4 is 10.1 Å². The third-order valence-corrected chi connectivity index (χ3v) is 4.91. The van der Waals surface area contributed by atoms with Crippen LogP contribution in [0.5, 0.6) is 5.75 Å². The zero-order chi connectivity index (χ0) is 16.3. The number of amides is 1. The Morgan fingerprint density at radius 2 is 2.09 bits per heavy atom. The summed E-state index contributed by atoms with van der Waals surface area (Å²) in [5.74, 6) is 0.559. The van der Waals surface area contributed by atoms with Gasteiger partial charge in [0.2, 0.25) is 0 Å². The molecule has 0 bridgehead atoms. The van der Waals surface area contributed by atoms with Crippen LogP contribution >= 0.6 is 11.3 Å². The second-order valence-electron chi connectivity index (χ2n) is 6.48. The maximum absolute atomic E-state index is 12.3. The Kier molecular flexibility index (Phi) is 5.47. The van der Waals surface area contributed by atoms with E-state index >= 15 is 0 Å². The van der Waals surface area contributed by atoms with Crippen LogP contribution in [0.2, 0.25) is 0 Å². The van der Waals surface area contributed by atoms with Gasteiger partial charge in [0.1, 0.15) is 10.6 Å². The van der Waals surface area contributed by atoms with Gasteiger partial charge in [-0.3, -0.25) is 9.69 Å². The second-order valence-corrected chi connectivity index (χ2v) is 7.39. The normalized spacial score (nSPS) is 23.3. The van der Waals surface area contributed by atoms with Gasteiger partial charge < -0.3 is 14.8 Å². The summed E-state index contributed by atoms with van der Waals surface area (Å²) in [6.45, 7) is 10.9. The predicted molar refractivity (Wildman–Crippen MR) is 88.9 cm³/mol. The van der Waals surface area contributed by atoms with Crippen LogP contribution in [0.1, 0.15) is 37.4 Å². The number of carbonyl (C=O) groups excluding carboxylic acids is 1. The molecule has 124 valence electrons. The molecule has 0 saturated carbocycles. The lowest BCUT2D eigenvalue weighted by molar-refractivity contribution is -0.0948. The van der Waals surface area contributed by atoms with E-state index in [4.69, 9.17) is 9.47 Å². The molecule has 0 aromatic carbocycles. The first-order chi connectivity index (χ1) is 10.3. The summed E-state index contributed by atoms with van der Waals surface area (Å²) in [7, 11) is 1.58. The summed E-state index contributed by atoms with van der Waals surface area (Å²) >= 11 is 1.40. The average Bonchev–Trinajstić information content (AvgIpc) is 2.92. The Morgan fingerprint density at radius 3 is 2.68 bits per heavy atom. The molecule has 1 N–H and O–H groups in total. The van der Waals surface area contributed by atoms with E-state index in [1.165, 1.54) is 11.3 Å². The van der Waals surface area contributed by atoms with Gasteiger partial charge in [-0.25, -0.2) is 0 Å². The van der Waals surface area contributed by atoms with Gasteiger partial charge in [-0.2, -0.15) is 0 Å². The molecular weight excluding hydrogens is 300 g/mol. The van der Waals surface area contributed by atoms with Gasteiger partial charge in [0.15, 0.2) is 0 Å². The molecule has 1 fully saturated rings. The number of thiophene rings is 1. The Morgan fingerprint density at radius 1 is 1.45 bits per heavy atom. The largest absolute Gasteiger partial charge is 0.495 e. The fraction of sp³-hybridized carbons (Fsp3) is 0.688. The Balaban J connectivity index is 1.96. The minimum atomic E-state index is -0.119.